The summed E-state index contributed by atoms with van der Waals surface area (Å²) in [6.45, 7) is 8.67. The first-order valence-corrected chi connectivity index (χ1v) is 11.6. The second-order valence-corrected chi connectivity index (χ2v) is 10.2. The summed E-state index contributed by atoms with van der Waals surface area (Å²) in [5, 5.41) is 11.8. The van der Waals surface area contributed by atoms with Gasteiger partial charge in [0.25, 0.3) is 0 Å². The van der Waals surface area contributed by atoms with Crippen LogP contribution in [-0.2, 0) is 16.0 Å². The summed E-state index contributed by atoms with van der Waals surface area (Å²) in [4.78, 5) is 12.7. The number of thioether (sulfide) groups is 1. The highest BCUT2D eigenvalue weighted by molar-refractivity contribution is 8.00. The smallest absolute Gasteiger partial charge is 0.233 e. The zero-order valence-corrected chi connectivity index (χ0v) is 18.9. The lowest BCUT2D eigenvalue weighted by molar-refractivity contribution is -0.117. The third-order valence-corrected chi connectivity index (χ3v) is 6.79. The quantitative estimate of drug-likeness (QED) is 0.358. The summed E-state index contributed by atoms with van der Waals surface area (Å²) in [5.74, 6) is 0.607. The van der Waals surface area contributed by atoms with Crippen LogP contribution >= 0.6 is 23.1 Å². The van der Waals surface area contributed by atoms with Crippen molar-refractivity contribution in [1.29, 1.82) is 0 Å². The molecule has 4 nitrogen and oxygen atoms in total. The van der Waals surface area contributed by atoms with E-state index in [1.54, 1.807) is 11.8 Å². The Kier molecular flexibility index (Phi) is 7.09. The Morgan fingerprint density at radius 2 is 1.76 bits per heavy atom. The fourth-order valence-electron chi connectivity index (χ4n) is 3.01. The molecule has 0 bridgehead atoms. The predicted octanol–water partition coefficient (Wildman–Crippen LogP) is 6.26. The number of hydrogen-bond donors (Lipinski definition) is 1. The van der Waals surface area contributed by atoms with Gasteiger partial charge < -0.3 is 0 Å². The molecule has 152 valence electrons. The van der Waals surface area contributed by atoms with E-state index < -0.39 is 0 Å². The van der Waals surface area contributed by atoms with Crippen LogP contribution in [0.4, 0.5) is 5.13 Å². The van der Waals surface area contributed by atoms with Gasteiger partial charge in [0.15, 0.2) is 4.34 Å². The van der Waals surface area contributed by atoms with E-state index in [1.165, 1.54) is 22.5 Å². The van der Waals surface area contributed by atoms with E-state index in [0.717, 1.165) is 22.1 Å². The third-order valence-electron chi connectivity index (χ3n) is 4.75. The monoisotopic (exact) mass is 425 g/mol. The van der Waals surface area contributed by atoms with Crippen molar-refractivity contribution in [2.45, 2.75) is 55.5 Å². The van der Waals surface area contributed by atoms with Gasteiger partial charge in [-0.3, -0.25) is 10.1 Å². The molecule has 0 fully saturated rings. The molecule has 2 aromatic carbocycles. The number of carbonyl (C=O) groups is 1. The van der Waals surface area contributed by atoms with E-state index in [-0.39, 0.29) is 17.2 Å². The molecule has 0 radical (unpaired) electrons. The molecule has 29 heavy (non-hydrogen) atoms. The maximum absolute atomic E-state index is 12.7. The van der Waals surface area contributed by atoms with Crippen molar-refractivity contribution in [3.05, 3.63) is 71.3 Å². The molecule has 1 amide bonds. The topological polar surface area (TPSA) is 54.9 Å². The zero-order valence-electron chi connectivity index (χ0n) is 17.3. The lowest BCUT2D eigenvalue weighted by Gasteiger charge is -2.19. The third kappa shape index (κ3) is 5.90. The molecule has 0 aliphatic carbocycles. The fourth-order valence-corrected chi connectivity index (χ4v) is 4.73. The van der Waals surface area contributed by atoms with Crippen molar-refractivity contribution in [1.82, 2.24) is 10.2 Å². The summed E-state index contributed by atoms with van der Waals surface area (Å²) in [7, 11) is 0. The number of anilines is 1. The number of carbonyl (C=O) groups excluding carboxylic acids is 1. The molecule has 3 aromatic rings. The second kappa shape index (κ2) is 9.55. The van der Waals surface area contributed by atoms with E-state index in [9.17, 15) is 4.79 Å². The van der Waals surface area contributed by atoms with E-state index in [1.807, 2.05) is 37.3 Å². The highest BCUT2D eigenvalue weighted by atomic mass is 32.2. The van der Waals surface area contributed by atoms with E-state index >= 15 is 0 Å². The van der Waals surface area contributed by atoms with Crippen molar-refractivity contribution in [3.63, 3.8) is 0 Å². The van der Waals surface area contributed by atoms with Gasteiger partial charge in [0, 0.05) is 5.75 Å². The van der Waals surface area contributed by atoms with Crippen LogP contribution in [0.3, 0.4) is 0 Å². The van der Waals surface area contributed by atoms with Gasteiger partial charge in [0.1, 0.15) is 0 Å². The van der Waals surface area contributed by atoms with Crippen LogP contribution in [0.5, 0.6) is 0 Å². The van der Waals surface area contributed by atoms with Gasteiger partial charge in [-0.2, -0.15) is 0 Å². The van der Waals surface area contributed by atoms with Crippen LogP contribution in [-0.4, -0.2) is 16.1 Å². The largest absolute Gasteiger partial charge is 0.300 e. The molecular weight excluding hydrogens is 398 g/mol. The molecule has 1 aromatic heterocycles. The number of nitrogens with zero attached hydrogens (tertiary/aromatic N) is 2. The molecule has 0 spiro atoms. The molecule has 0 aliphatic rings. The molecule has 6 heteroatoms. The van der Waals surface area contributed by atoms with Crippen LogP contribution < -0.4 is 5.32 Å². The minimum absolute atomic E-state index is 0.0378. The van der Waals surface area contributed by atoms with Crippen LogP contribution in [0.2, 0.25) is 0 Å². The molecular formula is C23H27N3OS2. The van der Waals surface area contributed by atoms with Crippen LogP contribution in [0.1, 0.15) is 56.7 Å². The Bertz CT molecular complexity index is 931. The van der Waals surface area contributed by atoms with E-state index in [4.69, 9.17) is 0 Å². The van der Waals surface area contributed by atoms with Crippen molar-refractivity contribution in [3.8, 4) is 0 Å². The predicted molar refractivity (Wildman–Crippen MR) is 123 cm³/mol. The highest BCUT2D eigenvalue weighted by Gasteiger charge is 2.20. The standard InChI is InChI=1S/C23H27N3OS2/c1-5-19(17-9-7-6-8-10-17)20(27)24-21-25-26-22(29-21)28-15-16-11-13-18(14-12-16)23(2,3)4/h6-14,19H,5,15H2,1-4H3,(H,24,25,27)/t19-/m0/s1. The zero-order chi connectivity index (χ0) is 20.9. The van der Waals surface area contributed by atoms with Crippen molar-refractivity contribution >= 4 is 34.1 Å². The number of hydrogen-bond acceptors (Lipinski definition) is 5. The summed E-state index contributed by atoms with van der Waals surface area (Å²) in [6, 6.07) is 18.6. The molecule has 0 saturated heterocycles. The number of nitrogens with one attached hydrogen (secondary N) is 1. The minimum Gasteiger partial charge on any atom is -0.300 e. The summed E-state index contributed by atoms with van der Waals surface area (Å²) in [5.41, 5.74) is 3.76. The first kappa shape index (κ1) is 21.5. The number of rotatable bonds is 7. The van der Waals surface area contributed by atoms with E-state index in [0.29, 0.717) is 5.13 Å². The Morgan fingerprint density at radius 3 is 2.38 bits per heavy atom. The Labute approximate surface area is 181 Å². The molecule has 0 unspecified atom stereocenters. The number of aromatic nitrogens is 2. The van der Waals surface area contributed by atoms with Crippen LogP contribution in [0, 0.1) is 0 Å². The minimum atomic E-state index is -0.183. The molecule has 1 heterocycles. The number of benzene rings is 2. The van der Waals surface area contributed by atoms with Crippen LogP contribution in [0.25, 0.3) is 0 Å². The summed E-state index contributed by atoms with van der Waals surface area (Å²) < 4.78 is 0.855. The Hall–Kier alpha value is -2.18. The van der Waals surface area contributed by atoms with Gasteiger partial charge >= 0.3 is 0 Å². The average molecular weight is 426 g/mol. The first-order chi connectivity index (χ1) is 13.9. The van der Waals surface area contributed by atoms with E-state index in [2.05, 4.69) is 60.6 Å². The van der Waals surface area contributed by atoms with Gasteiger partial charge in [0.05, 0.1) is 5.92 Å². The molecule has 3 rings (SSSR count). The molecule has 1 atom stereocenters. The summed E-state index contributed by atoms with van der Waals surface area (Å²) in [6.07, 6.45) is 0.737. The second-order valence-electron chi connectivity index (χ2n) is 7.97. The lowest BCUT2D eigenvalue weighted by Crippen LogP contribution is -2.20. The average Bonchev–Trinajstić information content (AvgIpc) is 3.15. The molecule has 1 N–H and O–H groups in total. The lowest BCUT2D eigenvalue weighted by atomic mass is 9.87. The Balaban J connectivity index is 1.57. The molecule has 0 aliphatic heterocycles. The SMILES string of the molecule is CC[C@H](C(=O)Nc1nnc(SCc2ccc(C(C)(C)C)cc2)s1)c1ccccc1. The highest BCUT2D eigenvalue weighted by Crippen LogP contribution is 2.30. The van der Waals surface area contributed by atoms with Gasteiger partial charge in [-0.05, 0) is 28.5 Å². The maximum Gasteiger partial charge on any atom is 0.233 e. The fraction of sp³-hybridized carbons (Fsp3) is 0.348. The Morgan fingerprint density at radius 1 is 1.07 bits per heavy atom. The van der Waals surface area contributed by atoms with Crippen molar-refractivity contribution in [2.75, 3.05) is 5.32 Å². The normalized spacial score (nSPS) is 12.6. The van der Waals surface area contributed by atoms with Gasteiger partial charge in [-0.15, -0.1) is 10.2 Å². The van der Waals surface area contributed by atoms with Gasteiger partial charge in [-0.1, -0.05) is 105 Å². The van der Waals surface area contributed by atoms with Crippen LogP contribution in [0.15, 0.2) is 58.9 Å². The maximum atomic E-state index is 12.7. The van der Waals surface area contributed by atoms with Crippen molar-refractivity contribution < 1.29 is 4.79 Å². The summed E-state index contributed by atoms with van der Waals surface area (Å²) >= 11 is 3.06. The van der Waals surface area contributed by atoms with Crippen molar-refractivity contribution in [2.24, 2.45) is 0 Å². The first-order valence-electron chi connectivity index (χ1n) is 9.78. The number of amides is 1. The molecule has 0 saturated carbocycles. The van der Waals surface area contributed by atoms with Gasteiger partial charge in [0.2, 0.25) is 11.0 Å². The van der Waals surface area contributed by atoms with Gasteiger partial charge in [-0.25, -0.2) is 0 Å².